The molecule has 0 radical (unpaired) electrons. The van der Waals surface area contributed by atoms with E-state index in [0.29, 0.717) is 18.5 Å². The molecule has 3 rings (SSSR count). The minimum absolute atomic E-state index is 0.437. The van der Waals surface area contributed by atoms with Gasteiger partial charge in [-0.15, -0.1) is 0 Å². The number of aromatic nitrogens is 2. The van der Waals surface area contributed by atoms with Crippen LogP contribution in [-0.2, 0) is 7.05 Å². The van der Waals surface area contributed by atoms with Gasteiger partial charge >= 0.3 is 0 Å². The maximum atomic E-state index is 10.4. The first-order valence-corrected chi connectivity index (χ1v) is 8.59. The molecule has 124 valence electrons. The number of nitrogens with zero attached hydrogens (tertiary/aromatic N) is 2. The molecule has 1 aromatic carbocycles. The molecule has 0 saturated heterocycles. The molecule has 3 unspecified atom stereocenters. The monoisotopic (exact) mass is 313 g/mol. The number of aryl methyl sites for hydroxylation is 2. The summed E-state index contributed by atoms with van der Waals surface area (Å²) >= 11 is 0. The number of aliphatic hydroxyl groups is 1. The molecule has 0 aliphatic heterocycles. The van der Waals surface area contributed by atoms with E-state index >= 15 is 0 Å². The van der Waals surface area contributed by atoms with E-state index in [2.05, 4.69) is 35.5 Å². The molecular formula is C19H27N3O. The van der Waals surface area contributed by atoms with E-state index in [-0.39, 0.29) is 0 Å². The fraction of sp³-hybridized carbons (Fsp3) is 0.526. The molecule has 1 heterocycles. The Morgan fingerprint density at radius 3 is 2.74 bits per heavy atom. The summed E-state index contributed by atoms with van der Waals surface area (Å²) in [4.78, 5) is 0. The Hall–Kier alpha value is -1.65. The van der Waals surface area contributed by atoms with Gasteiger partial charge in [0.25, 0.3) is 0 Å². The van der Waals surface area contributed by atoms with Crippen molar-refractivity contribution in [3.8, 4) is 0 Å². The minimum Gasteiger partial charge on any atom is -0.387 e. The van der Waals surface area contributed by atoms with Gasteiger partial charge in [0.2, 0.25) is 0 Å². The molecule has 1 aromatic heterocycles. The lowest BCUT2D eigenvalue weighted by Crippen LogP contribution is -2.36. The van der Waals surface area contributed by atoms with E-state index in [1.54, 1.807) is 0 Å². The molecule has 0 spiro atoms. The van der Waals surface area contributed by atoms with E-state index < -0.39 is 6.10 Å². The van der Waals surface area contributed by atoms with Gasteiger partial charge < -0.3 is 10.4 Å². The quantitative estimate of drug-likeness (QED) is 0.892. The molecule has 1 saturated carbocycles. The van der Waals surface area contributed by atoms with Gasteiger partial charge in [-0.3, -0.25) is 4.68 Å². The van der Waals surface area contributed by atoms with Crippen molar-refractivity contribution in [2.45, 2.75) is 50.7 Å². The lowest BCUT2D eigenvalue weighted by molar-refractivity contribution is 0.164. The van der Waals surface area contributed by atoms with Gasteiger partial charge in [-0.1, -0.05) is 36.2 Å². The van der Waals surface area contributed by atoms with Crippen molar-refractivity contribution in [3.63, 3.8) is 0 Å². The van der Waals surface area contributed by atoms with Crippen LogP contribution in [-0.4, -0.2) is 27.5 Å². The summed E-state index contributed by atoms with van der Waals surface area (Å²) in [5.74, 6) is 0.574. The Kier molecular flexibility index (Phi) is 5.13. The summed E-state index contributed by atoms with van der Waals surface area (Å²) in [5, 5.41) is 18.2. The van der Waals surface area contributed by atoms with Gasteiger partial charge in [-0.25, -0.2) is 0 Å². The first kappa shape index (κ1) is 16.2. The SMILES string of the molecule is Cc1ccc(C(O)CNC2CCCC(c3ccnn3C)C2)cc1. The minimum atomic E-state index is -0.437. The fourth-order valence-electron chi connectivity index (χ4n) is 3.61. The maximum Gasteiger partial charge on any atom is 0.0914 e. The highest BCUT2D eigenvalue weighted by Crippen LogP contribution is 2.32. The molecule has 23 heavy (non-hydrogen) atoms. The molecule has 1 aliphatic carbocycles. The number of aliphatic hydroxyl groups excluding tert-OH is 1. The third-order valence-corrected chi connectivity index (χ3v) is 5.01. The van der Waals surface area contributed by atoms with E-state index in [1.165, 1.54) is 30.5 Å². The highest BCUT2D eigenvalue weighted by atomic mass is 16.3. The zero-order valence-electron chi connectivity index (χ0n) is 14.1. The molecule has 0 bridgehead atoms. The van der Waals surface area contributed by atoms with Crippen molar-refractivity contribution in [2.75, 3.05) is 6.54 Å². The van der Waals surface area contributed by atoms with Crippen LogP contribution in [0.3, 0.4) is 0 Å². The number of benzene rings is 1. The average molecular weight is 313 g/mol. The van der Waals surface area contributed by atoms with Gasteiger partial charge in [0, 0.05) is 37.4 Å². The van der Waals surface area contributed by atoms with Gasteiger partial charge in [0.15, 0.2) is 0 Å². The summed E-state index contributed by atoms with van der Waals surface area (Å²) in [6, 6.07) is 10.7. The number of hydrogen-bond donors (Lipinski definition) is 2. The van der Waals surface area contributed by atoms with Crippen LogP contribution < -0.4 is 5.32 Å². The first-order valence-electron chi connectivity index (χ1n) is 8.59. The number of hydrogen-bond acceptors (Lipinski definition) is 3. The van der Waals surface area contributed by atoms with E-state index in [4.69, 9.17) is 0 Å². The zero-order valence-corrected chi connectivity index (χ0v) is 14.1. The first-order chi connectivity index (χ1) is 11.1. The number of nitrogens with one attached hydrogen (secondary N) is 1. The second-order valence-corrected chi connectivity index (χ2v) is 6.77. The van der Waals surface area contributed by atoms with Crippen molar-refractivity contribution in [3.05, 3.63) is 53.3 Å². The van der Waals surface area contributed by atoms with Crippen LogP contribution >= 0.6 is 0 Å². The Morgan fingerprint density at radius 1 is 1.26 bits per heavy atom. The molecule has 4 heteroatoms. The van der Waals surface area contributed by atoms with Crippen LogP contribution in [0.2, 0.25) is 0 Å². The predicted octanol–water partition coefficient (Wildman–Crippen LogP) is 3.08. The zero-order chi connectivity index (χ0) is 16.2. The largest absolute Gasteiger partial charge is 0.387 e. The summed E-state index contributed by atoms with van der Waals surface area (Å²) in [5.41, 5.74) is 3.54. The van der Waals surface area contributed by atoms with Crippen molar-refractivity contribution in [1.82, 2.24) is 15.1 Å². The van der Waals surface area contributed by atoms with Gasteiger partial charge in [0.1, 0.15) is 0 Å². The Balaban J connectivity index is 1.54. The highest BCUT2D eigenvalue weighted by molar-refractivity contribution is 5.23. The van der Waals surface area contributed by atoms with E-state index in [1.807, 2.05) is 30.1 Å². The lowest BCUT2D eigenvalue weighted by Gasteiger charge is -2.30. The number of rotatable bonds is 5. The van der Waals surface area contributed by atoms with E-state index in [9.17, 15) is 5.11 Å². The molecule has 1 aliphatic rings. The molecular weight excluding hydrogens is 286 g/mol. The van der Waals surface area contributed by atoms with Crippen molar-refractivity contribution < 1.29 is 5.11 Å². The van der Waals surface area contributed by atoms with Crippen LogP contribution in [0.5, 0.6) is 0 Å². The van der Waals surface area contributed by atoms with Crippen LogP contribution in [0.4, 0.5) is 0 Å². The van der Waals surface area contributed by atoms with Gasteiger partial charge in [-0.05, 0) is 37.8 Å². The second-order valence-electron chi connectivity index (χ2n) is 6.77. The summed E-state index contributed by atoms with van der Waals surface area (Å²) < 4.78 is 1.99. The maximum absolute atomic E-state index is 10.4. The van der Waals surface area contributed by atoms with Crippen LogP contribution in [0.1, 0.15) is 54.5 Å². The van der Waals surface area contributed by atoms with Crippen molar-refractivity contribution >= 4 is 0 Å². The topological polar surface area (TPSA) is 50.1 Å². The average Bonchev–Trinajstić information content (AvgIpc) is 3.00. The Morgan fingerprint density at radius 2 is 2.04 bits per heavy atom. The second kappa shape index (κ2) is 7.28. The third kappa shape index (κ3) is 4.01. The molecule has 2 N–H and O–H groups in total. The van der Waals surface area contributed by atoms with Crippen LogP contribution in [0.15, 0.2) is 36.5 Å². The summed E-state index contributed by atoms with van der Waals surface area (Å²) in [6.07, 6.45) is 6.22. The smallest absolute Gasteiger partial charge is 0.0914 e. The Bertz CT molecular complexity index is 620. The van der Waals surface area contributed by atoms with Crippen LogP contribution in [0, 0.1) is 6.92 Å². The van der Waals surface area contributed by atoms with Crippen LogP contribution in [0.25, 0.3) is 0 Å². The summed E-state index contributed by atoms with van der Waals surface area (Å²) in [6.45, 7) is 2.68. The standard InChI is InChI=1S/C19H27N3O/c1-14-6-8-15(9-7-14)19(23)13-20-17-5-3-4-16(12-17)18-10-11-21-22(18)2/h6-11,16-17,19-20,23H,3-5,12-13H2,1-2H3. The van der Waals surface area contributed by atoms with Crippen molar-refractivity contribution in [2.24, 2.45) is 7.05 Å². The van der Waals surface area contributed by atoms with Crippen molar-refractivity contribution in [1.29, 1.82) is 0 Å². The highest BCUT2D eigenvalue weighted by Gasteiger charge is 2.25. The normalized spacial score (nSPS) is 22.9. The molecule has 1 fully saturated rings. The molecule has 4 nitrogen and oxygen atoms in total. The third-order valence-electron chi connectivity index (χ3n) is 5.01. The lowest BCUT2D eigenvalue weighted by atomic mass is 9.83. The summed E-state index contributed by atoms with van der Waals surface area (Å²) in [7, 11) is 2.02. The molecule has 0 amide bonds. The molecule has 3 atom stereocenters. The van der Waals surface area contributed by atoms with Gasteiger partial charge in [0.05, 0.1) is 6.10 Å². The van der Waals surface area contributed by atoms with Gasteiger partial charge in [-0.2, -0.15) is 5.10 Å². The van der Waals surface area contributed by atoms with E-state index in [0.717, 1.165) is 12.0 Å². The Labute approximate surface area is 138 Å². The fourth-order valence-corrected chi connectivity index (χ4v) is 3.61. The predicted molar refractivity (Wildman–Crippen MR) is 92.3 cm³/mol. The molecule has 2 aromatic rings.